The van der Waals surface area contributed by atoms with Crippen molar-refractivity contribution in [2.45, 2.75) is 17.8 Å². The number of furan rings is 1. The molecule has 28 heavy (non-hydrogen) atoms. The molecule has 144 valence electrons. The number of halogens is 1. The number of nitrogen functional groups attached to an aromatic ring is 1. The van der Waals surface area contributed by atoms with Gasteiger partial charge in [0.1, 0.15) is 16.5 Å². The fourth-order valence-electron chi connectivity index (χ4n) is 2.66. The number of ether oxygens (including phenoxy) is 1. The van der Waals surface area contributed by atoms with Gasteiger partial charge in [0.2, 0.25) is 5.16 Å². The van der Waals surface area contributed by atoms with Gasteiger partial charge < -0.3 is 15.0 Å². The van der Waals surface area contributed by atoms with Crippen LogP contribution in [0.25, 0.3) is 22.0 Å². The van der Waals surface area contributed by atoms with Crippen LogP contribution in [0.3, 0.4) is 0 Å². The van der Waals surface area contributed by atoms with Crippen LogP contribution in [0.5, 0.6) is 5.75 Å². The second-order valence-electron chi connectivity index (χ2n) is 5.84. The molecule has 0 aliphatic rings. The lowest BCUT2D eigenvalue weighted by molar-refractivity contribution is 0.416. The van der Waals surface area contributed by atoms with Crippen molar-refractivity contribution in [3.05, 3.63) is 51.8 Å². The van der Waals surface area contributed by atoms with Crippen molar-refractivity contribution < 1.29 is 9.15 Å². The monoisotopic (exact) mass is 477 g/mol. The summed E-state index contributed by atoms with van der Waals surface area (Å²) in [4.78, 5) is 4.73. The highest BCUT2D eigenvalue weighted by Crippen LogP contribution is 2.35. The van der Waals surface area contributed by atoms with E-state index in [-0.39, 0.29) is 0 Å². The molecular weight excluding hydrogens is 462 g/mol. The van der Waals surface area contributed by atoms with Gasteiger partial charge >= 0.3 is 0 Å². The van der Waals surface area contributed by atoms with Gasteiger partial charge in [0.15, 0.2) is 5.82 Å². The molecule has 2 N–H and O–H groups in total. The molecule has 0 aliphatic carbocycles. The molecule has 0 amide bonds. The molecule has 0 atom stereocenters. The van der Waals surface area contributed by atoms with Crippen LogP contribution >= 0.6 is 39.0 Å². The number of thiazole rings is 1. The lowest BCUT2D eigenvalue weighted by Gasteiger charge is -2.06. The molecule has 0 saturated carbocycles. The molecule has 0 bridgehead atoms. The zero-order valence-corrected chi connectivity index (χ0v) is 18.3. The van der Waals surface area contributed by atoms with Crippen LogP contribution in [0.15, 0.2) is 50.0 Å². The molecule has 0 radical (unpaired) electrons. The van der Waals surface area contributed by atoms with E-state index < -0.39 is 0 Å². The Hall–Kier alpha value is -2.30. The number of rotatable bonds is 6. The number of nitrogens with zero attached hydrogens (tertiary/aromatic N) is 4. The maximum atomic E-state index is 6.17. The highest BCUT2D eigenvalue weighted by Gasteiger charge is 2.17. The molecule has 0 fully saturated rings. The van der Waals surface area contributed by atoms with Crippen LogP contribution in [-0.4, -0.2) is 27.0 Å². The second-order valence-corrected chi connectivity index (χ2v) is 8.56. The summed E-state index contributed by atoms with van der Waals surface area (Å²) in [7, 11) is 1.66. The first-order valence-electron chi connectivity index (χ1n) is 8.23. The summed E-state index contributed by atoms with van der Waals surface area (Å²) in [6, 6.07) is 7.70. The van der Waals surface area contributed by atoms with Gasteiger partial charge in [-0.1, -0.05) is 27.7 Å². The van der Waals surface area contributed by atoms with Gasteiger partial charge in [-0.15, -0.1) is 21.5 Å². The van der Waals surface area contributed by atoms with E-state index in [9.17, 15) is 0 Å². The average Bonchev–Trinajstić information content (AvgIpc) is 3.40. The minimum Gasteiger partial charge on any atom is -0.496 e. The minimum absolute atomic E-state index is 0.576. The van der Waals surface area contributed by atoms with Crippen molar-refractivity contribution in [2.24, 2.45) is 0 Å². The van der Waals surface area contributed by atoms with Crippen LogP contribution in [0.4, 0.5) is 0 Å². The highest BCUT2D eigenvalue weighted by molar-refractivity contribution is 9.10. The second kappa shape index (κ2) is 7.98. The topological polar surface area (TPSA) is 92.0 Å². The summed E-state index contributed by atoms with van der Waals surface area (Å²) in [6.07, 6.45) is 1.61. The lowest BCUT2D eigenvalue weighted by atomic mass is 10.2. The van der Waals surface area contributed by atoms with Crippen LogP contribution in [-0.2, 0) is 5.75 Å². The van der Waals surface area contributed by atoms with Crippen molar-refractivity contribution in [1.29, 1.82) is 0 Å². The Morgan fingerprint density at radius 1 is 1.29 bits per heavy atom. The summed E-state index contributed by atoms with van der Waals surface area (Å²) < 4.78 is 13.2. The van der Waals surface area contributed by atoms with Gasteiger partial charge in [-0.2, -0.15) is 0 Å². The third kappa shape index (κ3) is 3.67. The Balaban J connectivity index is 1.51. The molecule has 4 aromatic rings. The normalized spacial score (nSPS) is 11.1. The summed E-state index contributed by atoms with van der Waals surface area (Å²) >= 11 is 6.56. The smallest absolute Gasteiger partial charge is 0.210 e. The Morgan fingerprint density at radius 3 is 2.89 bits per heavy atom. The van der Waals surface area contributed by atoms with Crippen molar-refractivity contribution in [3.63, 3.8) is 0 Å². The number of aryl methyl sites for hydroxylation is 1. The molecular formula is C18H16BrN5O2S2. The third-order valence-corrected chi connectivity index (χ3v) is 6.45. The van der Waals surface area contributed by atoms with Gasteiger partial charge in [-0.25, -0.2) is 9.66 Å². The van der Waals surface area contributed by atoms with E-state index in [0.29, 0.717) is 16.7 Å². The van der Waals surface area contributed by atoms with E-state index in [0.717, 1.165) is 37.8 Å². The van der Waals surface area contributed by atoms with Crippen LogP contribution in [0.2, 0.25) is 0 Å². The number of aromatic nitrogens is 4. The number of benzene rings is 1. The molecule has 0 aliphatic heterocycles. The standard InChI is InChI=1S/C18H16BrN5O2S2/c1-10-13(5-6-26-10)16-22-23-18(24(16)20)28-9-12-8-27-17(21-12)14-7-11(19)3-4-15(14)25-2/h3-8H,9,20H2,1-2H3. The number of methoxy groups -OCH3 is 1. The quantitative estimate of drug-likeness (QED) is 0.316. The lowest BCUT2D eigenvalue weighted by Crippen LogP contribution is -2.11. The van der Waals surface area contributed by atoms with E-state index >= 15 is 0 Å². The molecule has 0 spiro atoms. The molecule has 4 rings (SSSR count). The first-order valence-corrected chi connectivity index (χ1v) is 10.9. The van der Waals surface area contributed by atoms with Crippen molar-refractivity contribution in [2.75, 3.05) is 13.0 Å². The Kier molecular flexibility index (Phi) is 5.42. The molecule has 3 aromatic heterocycles. The zero-order chi connectivity index (χ0) is 19.7. The van der Waals surface area contributed by atoms with Gasteiger partial charge in [0.25, 0.3) is 0 Å². The molecule has 3 heterocycles. The first-order chi connectivity index (χ1) is 13.6. The van der Waals surface area contributed by atoms with Gasteiger partial charge in [0.05, 0.1) is 30.2 Å². The van der Waals surface area contributed by atoms with E-state index in [1.807, 2.05) is 36.6 Å². The highest BCUT2D eigenvalue weighted by atomic mass is 79.9. The number of hydrogen-bond donors (Lipinski definition) is 1. The molecule has 10 heteroatoms. The number of thioether (sulfide) groups is 1. The number of nitrogens with two attached hydrogens (primary N) is 1. The Labute approximate surface area is 178 Å². The van der Waals surface area contributed by atoms with Gasteiger partial charge in [-0.3, -0.25) is 0 Å². The molecule has 1 aromatic carbocycles. The maximum absolute atomic E-state index is 6.17. The van der Waals surface area contributed by atoms with E-state index in [2.05, 4.69) is 26.1 Å². The van der Waals surface area contributed by atoms with Gasteiger partial charge in [0, 0.05) is 15.6 Å². The third-order valence-electron chi connectivity index (χ3n) is 4.06. The summed E-state index contributed by atoms with van der Waals surface area (Å²) in [5, 5.41) is 11.9. The maximum Gasteiger partial charge on any atom is 0.210 e. The fraction of sp³-hybridized carbons (Fsp3) is 0.167. The molecule has 7 nitrogen and oxygen atoms in total. The Bertz CT molecular complexity index is 1120. The fourth-order valence-corrected chi connectivity index (χ4v) is 4.71. The number of hydrogen-bond acceptors (Lipinski definition) is 8. The van der Waals surface area contributed by atoms with Crippen molar-refractivity contribution >= 4 is 39.0 Å². The largest absolute Gasteiger partial charge is 0.496 e. The predicted molar refractivity (Wildman–Crippen MR) is 114 cm³/mol. The first kappa shape index (κ1) is 19.0. The molecule has 0 saturated heterocycles. The van der Waals surface area contributed by atoms with Crippen LogP contribution < -0.4 is 10.6 Å². The zero-order valence-electron chi connectivity index (χ0n) is 15.0. The van der Waals surface area contributed by atoms with Crippen molar-refractivity contribution in [3.8, 4) is 27.7 Å². The minimum atomic E-state index is 0.576. The van der Waals surface area contributed by atoms with E-state index in [1.54, 1.807) is 24.7 Å². The van der Waals surface area contributed by atoms with E-state index in [1.165, 1.54) is 16.4 Å². The summed E-state index contributed by atoms with van der Waals surface area (Å²) in [5.74, 6) is 8.92. The van der Waals surface area contributed by atoms with Crippen LogP contribution in [0, 0.1) is 6.92 Å². The SMILES string of the molecule is COc1ccc(Br)cc1-c1nc(CSc2nnc(-c3ccoc3C)n2N)cs1. The van der Waals surface area contributed by atoms with Crippen molar-refractivity contribution in [1.82, 2.24) is 19.9 Å². The van der Waals surface area contributed by atoms with E-state index in [4.69, 9.17) is 20.0 Å². The predicted octanol–water partition coefficient (Wildman–Crippen LogP) is 4.75. The van der Waals surface area contributed by atoms with Crippen LogP contribution in [0.1, 0.15) is 11.5 Å². The average molecular weight is 478 g/mol. The van der Waals surface area contributed by atoms with Gasteiger partial charge in [-0.05, 0) is 31.2 Å². The Morgan fingerprint density at radius 2 is 2.14 bits per heavy atom. The molecule has 0 unspecified atom stereocenters. The summed E-state index contributed by atoms with van der Waals surface area (Å²) in [6.45, 7) is 1.86. The summed E-state index contributed by atoms with van der Waals surface area (Å²) in [5.41, 5.74) is 2.73.